The predicted octanol–water partition coefficient (Wildman–Crippen LogP) is 3.27. The summed E-state index contributed by atoms with van der Waals surface area (Å²) in [4.78, 5) is 37.3. The van der Waals surface area contributed by atoms with E-state index in [0.29, 0.717) is 16.4 Å². The number of hydrogen-bond acceptors (Lipinski definition) is 3. The zero-order chi connectivity index (χ0) is 16.6. The Kier molecular flexibility index (Phi) is 4.19. The van der Waals surface area contributed by atoms with Crippen LogP contribution in [0.25, 0.3) is 0 Å². The number of halogens is 2. The third kappa shape index (κ3) is 3.13. The molecule has 0 saturated carbocycles. The van der Waals surface area contributed by atoms with Gasteiger partial charge >= 0.3 is 0 Å². The number of carbonyl (C=O) groups is 3. The number of benzene rings is 2. The lowest BCUT2D eigenvalue weighted by Gasteiger charge is -2.16. The van der Waals surface area contributed by atoms with E-state index in [2.05, 4.69) is 21.2 Å². The van der Waals surface area contributed by atoms with Gasteiger partial charge in [0.2, 0.25) is 5.91 Å². The Hall–Kier alpha value is -2.18. The van der Waals surface area contributed by atoms with Crippen molar-refractivity contribution in [3.05, 3.63) is 57.5 Å². The Balaban J connectivity index is 1.78. The van der Waals surface area contributed by atoms with Gasteiger partial charge in [0.1, 0.15) is 6.54 Å². The molecule has 0 bridgehead atoms. The van der Waals surface area contributed by atoms with E-state index in [1.807, 2.05) is 0 Å². The minimum absolute atomic E-state index is 0.221. The molecule has 116 valence electrons. The highest BCUT2D eigenvalue weighted by Crippen LogP contribution is 2.31. The maximum absolute atomic E-state index is 12.1. The summed E-state index contributed by atoms with van der Waals surface area (Å²) in [6.07, 6.45) is 0. The van der Waals surface area contributed by atoms with E-state index >= 15 is 0 Å². The van der Waals surface area contributed by atoms with Gasteiger partial charge < -0.3 is 5.32 Å². The molecule has 0 unspecified atom stereocenters. The number of fused-ring (bicyclic) bond motifs is 1. The Morgan fingerprint density at radius 2 is 1.83 bits per heavy atom. The fourth-order valence-corrected chi connectivity index (χ4v) is 2.74. The molecule has 0 atom stereocenters. The molecule has 7 heteroatoms. The van der Waals surface area contributed by atoms with Gasteiger partial charge in [0, 0.05) is 15.2 Å². The molecular weight excluding hydrogens is 384 g/mol. The van der Waals surface area contributed by atoms with Crippen molar-refractivity contribution >= 4 is 56.5 Å². The fraction of sp³-hybridized carbons (Fsp3) is 0.0625. The van der Waals surface area contributed by atoms with Gasteiger partial charge in [-0.25, -0.2) is 0 Å². The fourth-order valence-electron chi connectivity index (χ4n) is 2.31. The second kappa shape index (κ2) is 6.14. The molecule has 1 aliphatic rings. The normalized spacial score (nSPS) is 13.2. The van der Waals surface area contributed by atoms with Gasteiger partial charge in [0.15, 0.2) is 0 Å². The molecule has 2 amide bonds. The van der Waals surface area contributed by atoms with Gasteiger partial charge in [-0.05, 0) is 42.5 Å². The largest absolute Gasteiger partial charge is 0.325 e. The van der Waals surface area contributed by atoms with E-state index in [9.17, 15) is 14.4 Å². The summed E-state index contributed by atoms with van der Waals surface area (Å²) < 4.78 is 0.890. The molecule has 1 N–H and O–H groups in total. The number of hydrogen-bond donors (Lipinski definition) is 1. The first-order valence-electron chi connectivity index (χ1n) is 6.67. The standard InChI is InChI=1S/C16H10BrClN2O3/c17-9-1-4-11(5-2-9)19-14(21)8-20-13-6-3-10(18)7-12(13)15(22)16(20)23/h1-7H,8H2,(H,19,21). The van der Waals surface area contributed by atoms with E-state index in [1.54, 1.807) is 36.4 Å². The second-order valence-electron chi connectivity index (χ2n) is 4.94. The van der Waals surface area contributed by atoms with Crippen molar-refractivity contribution in [2.45, 2.75) is 0 Å². The Morgan fingerprint density at radius 1 is 1.13 bits per heavy atom. The van der Waals surface area contributed by atoms with Gasteiger partial charge in [-0.2, -0.15) is 0 Å². The van der Waals surface area contributed by atoms with Crippen LogP contribution in [0.5, 0.6) is 0 Å². The third-order valence-corrected chi connectivity index (χ3v) is 4.13. The summed E-state index contributed by atoms with van der Waals surface area (Å²) in [5, 5.41) is 3.05. The van der Waals surface area contributed by atoms with Gasteiger partial charge in [-0.1, -0.05) is 27.5 Å². The highest BCUT2D eigenvalue weighted by molar-refractivity contribution is 9.10. The number of ketones is 1. The van der Waals surface area contributed by atoms with Crippen molar-refractivity contribution in [3.8, 4) is 0 Å². The molecule has 23 heavy (non-hydrogen) atoms. The van der Waals surface area contributed by atoms with E-state index in [-0.39, 0.29) is 12.1 Å². The Labute approximate surface area is 145 Å². The molecule has 2 aromatic carbocycles. The average Bonchev–Trinajstić information content (AvgIpc) is 2.74. The highest BCUT2D eigenvalue weighted by atomic mass is 79.9. The summed E-state index contributed by atoms with van der Waals surface area (Å²) >= 11 is 9.15. The van der Waals surface area contributed by atoms with Gasteiger partial charge in [-0.3, -0.25) is 19.3 Å². The number of rotatable bonds is 3. The van der Waals surface area contributed by atoms with Crippen molar-refractivity contribution in [3.63, 3.8) is 0 Å². The van der Waals surface area contributed by atoms with Gasteiger partial charge in [0.25, 0.3) is 11.7 Å². The first kappa shape index (κ1) is 15.7. The van der Waals surface area contributed by atoms with Crippen LogP contribution >= 0.6 is 27.5 Å². The van der Waals surface area contributed by atoms with Crippen LogP contribution in [0.3, 0.4) is 0 Å². The minimum atomic E-state index is -0.728. The van der Waals surface area contributed by atoms with Crippen LogP contribution < -0.4 is 10.2 Å². The van der Waals surface area contributed by atoms with Crippen LogP contribution in [-0.2, 0) is 9.59 Å². The molecule has 5 nitrogen and oxygen atoms in total. The quantitative estimate of drug-likeness (QED) is 0.814. The van der Waals surface area contributed by atoms with Crippen LogP contribution in [0.2, 0.25) is 5.02 Å². The summed E-state index contributed by atoms with van der Waals surface area (Å²) in [5.74, 6) is -1.77. The highest BCUT2D eigenvalue weighted by Gasteiger charge is 2.36. The Bertz CT molecular complexity index is 821. The number of carbonyl (C=O) groups excluding carboxylic acids is 3. The molecular formula is C16H10BrClN2O3. The lowest BCUT2D eigenvalue weighted by molar-refractivity contribution is -0.118. The van der Waals surface area contributed by atoms with Crippen molar-refractivity contribution in [1.29, 1.82) is 0 Å². The lowest BCUT2D eigenvalue weighted by Crippen LogP contribution is -2.37. The summed E-state index contributed by atoms with van der Waals surface area (Å²) in [6.45, 7) is -0.241. The molecule has 0 aliphatic carbocycles. The van der Waals surface area contributed by atoms with Crippen molar-refractivity contribution in [2.24, 2.45) is 0 Å². The SMILES string of the molecule is O=C(CN1C(=O)C(=O)c2cc(Cl)ccc21)Nc1ccc(Br)cc1. The molecule has 2 aromatic rings. The van der Waals surface area contributed by atoms with Gasteiger partial charge in [-0.15, -0.1) is 0 Å². The van der Waals surface area contributed by atoms with Crippen molar-refractivity contribution in [2.75, 3.05) is 16.8 Å². The summed E-state index contributed by atoms with van der Waals surface area (Å²) in [6, 6.07) is 11.6. The van der Waals surface area contributed by atoms with Crippen LogP contribution in [0.4, 0.5) is 11.4 Å². The smallest absolute Gasteiger partial charge is 0.299 e. The minimum Gasteiger partial charge on any atom is -0.325 e. The van der Waals surface area contributed by atoms with E-state index in [1.165, 1.54) is 6.07 Å². The van der Waals surface area contributed by atoms with Crippen LogP contribution in [0, 0.1) is 0 Å². The molecule has 0 radical (unpaired) electrons. The zero-order valence-corrected chi connectivity index (χ0v) is 14.0. The topological polar surface area (TPSA) is 66.5 Å². The molecule has 1 aliphatic heterocycles. The monoisotopic (exact) mass is 392 g/mol. The zero-order valence-electron chi connectivity index (χ0n) is 11.7. The molecule has 3 rings (SSSR count). The molecule has 0 fully saturated rings. The third-order valence-electron chi connectivity index (χ3n) is 3.36. The van der Waals surface area contributed by atoms with Crippen molar-refractivity contribution < 1.29 is 14.4 Å². The van der Waals surface area contributed by atoms with Gasteiger partial charge in [0.05, 0.1) is 11.3 Å². The summed E-state index contributed by atoms with van der Waals surface area (Å²) in [5.41, 5.74) is 1.22. The van der Waals surface area contributed by atoms with Crippen LogP contribution in [0.15, 0.2) is 46.9 Å². The predicted molar refractivity (Wildman–Crippen MR) is 90.9 cm³/mol. The van der Waals surface area contributed by atoms with E-state index in [4.69, 9.17) is 11.6 Å². The number of Topliss-reactive ketones (excluding diaryl/α,β-unsaturated/α-hetero) is 1. The maximum atomic E-state index is 12.1. The summed E-state index contributed by atoms with van der Waals surface area (Å²) in [7, 11) is 0. The average molecular weight is 394 g/mol. The molecule has 0 saturated heterocycles. The number of amides is 2. The number of nitrogens with one attached hydrogen (secondary N) is 1. The maximum Gasteiger partial charge on any atom is 0.299 e. The lowest BCUT2D eigenvalue weighted by atomic mass is 10.1. The van der Waals surface area contributed by atoms with E-state index < -0.39 is 17.6 Å². The van der Waals surface area contributed by atoms with Crippen LogP contribution in [-0.4, -0.2) is 24.1 Å². The number of nitrogens with zero attached hydrogens (tertiary/aromatic N) is 1. The molecule has 0 spiro atoms. The first-order chi connectivity index (χ1) is 11.0. The van der Waals surface area contributed by atoms with Crippen molar-refractivity contribution in [1.82, 2.24) is 0 Å². The van der Waals surface area contributed by atoms with Crippen LogP contribution in [0.1, 0.15) is 10.4 Å². The first-order valence-corrected chi connectivity index (χ1v) is 7.84. The molecule has 0 aromatic heterocycles. The second-order valence-corrected chi connectivity index (χ2v) is 6.29. The van der Waals surface area contributed by atoms with E-state index in [0.717, 1.165) is 9.37 Å². The number of anilines is 2. The molecule has 1 heterocycles. The Morgan fingerprint density at radius 3 is 2.52 bits per heavy atom.